The number of thiazole rings is 1. The summed E-state index contributed by atoms with van der Waals surface area (Å²) in [5.41, 5.74) is 6.66. The van der Waals surface area contributed by atoms with Crippen LogP contribution in [0.5, 0.6) is 0 Å². The van der Waals surface area contributed by atoms with E-state index in [1.54, 1.807) is 19.1 Å². The van der Waals surface area contributed by atoms with E-state index in [0.717, 1.165) is 17.5 Å². The number of aryl methyl sites for hydroxylation is 1. The number of halogens is 4. The highest BCUT2D eigenvalue weighted by Gasteiger charge is 2.26. The molecule has 5 rings (SSSR count). The average Bonchev–Trinajstić information content (AvgIpc) is 3.33. The number of rotatable bonds is 6. The molecule has 3 heterocycles. The molecule has 0 aliphatic rings. The van der Waals surface area contributed by atoms with E-state index in [1.807, 2.05) is 0 Å². The van der Waals surface area contributed by atoms with Gasteiger partial charge in [0.05, 0.1) is 38.2 Å². The highest BCUT2D eigenvalue weighted by Crippen LogP contribution is 2.42. The van der Waals surface area contributed by atoms with Crippen LogP contribution < -0.4 is 10.5 Å². The third-order valence-corrected chi connectivity index (χ3v) is 9.10. The monoisotopic (exact) mass is 604 g/mol. The molecule has 39 heavy (non-hydrogen) atoms. The van der Waals surface area contributed by atoms with Gasteiger partial charge in [-0.25, -0.2) is 32.2 Å². The second-order valence-electron chi connectivity index (χ2n) is 8.17. The molecule has 14 heteroatoms. The molecule has 3 aromatic heterocycles. The maximum absolute atomic E-state index is 16.0. The predicted molar refractivity (Wildman–Crippen MR) is 148 cm³/mol. The lowest BCUT2D eigenvalue weighted by molar-refractivity contribution is 0.599. The first-order valence-electron chi connectivity index (χ1n) is 11.0. The van der Waals surface area contributed by atoms with Crippen molar-refractivity contribution in [2.75, 3.05) is 10.5 Å². The van der Waals surface area contributed by atoms with Crippen molar-refractivity contribution in [1.29, 1.82) is 0 Å². The van der Waals surface area contributed by atoms with Gasteiger partial charge in [-0.05, 0) is 42.8 Å². The molecular weight excluding hydrogens is 589 g/mol. The van der Waals surface area contributed by atoms with Crippen LogP contribution in [0, 0.1) is 18.6 Å². The first-order chi connectivity index (χ1) is 18.5. The van der Waals surface area contributed by atoms with E-state index in [-0.39, 0.29) is 37.8 Å². The van der Waals surface area contributed by atoms with E-state index < -0.39 is 21.7 Å². The maximum Gasteiger partial charge on any atom is 0.264 e. The van der Waals surface area contributed by atoms with Crippen LogP contribution in [-0.2, 0) is 10.0 Å². The fraction of sp³-hybridized carbons (Fsp3) is 0.0400. The molecule has 0 radical (unpaired) electrons. The zero-order valence-electron chi connectivity index (χ0n) is 19.8. The van der Waals surface area contributed by atoms with Gasteiger partial charge in [-0.15, -0.1) is 11.3 Å². The van der Waals surface area contributed by atoms with Crippen molar-refractivity contribution in [3.63, 3.8) is 0 Å². The maximum atomic E-state index is 16.0. The third kappa shape index (κ3) is 5.28. The van der Waals surface area contributed by atoms with Gasteiger partial charge in [-0.2, -0.15) is 0 Å². The number of anilines is 2. The zero-order chi connectivity index (χ0) is 27.9. The number of hydrogen-bond donors (Lipinski definition) is 2. The number of nitrogens with two attached hydrogens (primary N) is 1. The average molecular weight is 605 g/mol. The minimum Gasteiger partial charge on any atom is -0.368 e. The van der Waals surface area contributed by atoms with Crippen LogP contribution in [-0.4, -0.2) is 28.4 Å². The van der Waals surface area contributed by atoms with Crippen LogP contribution >= 0.6 is 34.5 Å². The third-order valence-electron chi connectivity index (χ3n) is 5.49. The van der Waals surface area contributed by atoms with Crippen molar-refractivity contribution < 1.29 is 17.2 Å². The Morgan fingerprint density at radius 3 is 2.59 bits per heavy atom. The highest BCUT2D eigenvalue weighted by atomic mass is 35.5. The number of sulfonamides is 1. The molecule has 0 unspecified atom stereocenters. The van der Waals surface area contributed by atoms with Crippen molar-refractivity contribution in [1.82, 2.24) is 19.9 Å². The van der Waals surface area contributed by atoms with Crippen LogP contribution in [0.1, 0.15) is 5.56 Å². The van der Waals surface area contributed by atoms with Gasteiger partial charge in [0.15, 0.2) is 5.82 Å². The molecule has 5 aromatic rings. The van der Waals surface area contributed by atoms with Gasteiger partial charge in [-0.3, -0.25) is 9.71 Å². The van der Waals surface area contributed by atoms with E-state index in [9.17, 15) is 12.8 Å². The van der Waals surface area contributed by atoms with Gasteiger partial charge in [0, 0.05) is 23.5 Å². The molecule has 0 aliphatic carbocycles. The van der Waals surface area contributed by atoms with Gasteiger partial charge in [0.1, 0.15) is 15.7 Å². The lowest BCUT2D eigenvalue weighted by atomic mass is 10.1. The van der Waals surface area contributed by atoms with Gasteiger partial charge < -0.3 is 5.73 Å². The summed E-state index contributed by atoms with van der Waals surface area (Å²) in [7, 11) is -4.39. The summed E-state index contributed by atoms with van der Waals surface area (Å²) in [5.74, 6) is -1.51. The molecule has 0 amide bonds. The van der Waals surface area contributed by atoms with Gasteiger partial charge >= 0.3 is 0 Å². The molecule has 0 atom stereocenters. The minimum absolute atomic E-state index is 0.0188. The normalized spacial score (nSPS) is 11.5. The summed E-state index contributed by atoms with van der Waals surface area (Å²) < 4.78 is 58.5. The van der Waals surface area contributed by atoms with Crippen molar-refractivity contribution in [2.45, 2.75) is 11.8 Å². The Hall–Kier alpha value is -3.71. The van der Waals surface area contributed by atoms with Gasteiger partial charge in [-0.1, -0.05) is 35.3 Å². The standard InChI is InChI=1S/C25H16Cl2F2N6O2S2/c1-12-5-6-16(26)23(19(12)27)39(36,37)35-17-4-2-3-15(20(17)29)21-22(18-7-8-32-25(30)33-18)38-24(34-21)13-9-14(28)11-31-10-13/h2-11,35H,1H3,(H2,30,32,33). The van der Waals surface area contributed by atoms with E-state index in [0.29, 0.717) is 26.7 Å². The molecule has 0 saturated carbocycles. The Labute approximate surface area is 235 Å². The van der Waals surface area contributed by atoms with Crippen molar-refractivity contribution in [3.8, 4) is 32.4 Å². The Morgan fingerprint density at radius 1 is 1.05 bits per heavy atom. The van der Waals surface area contributed by atoms with Crippen LogP contribution in [0.3, 0.4) is 0 Å². The molecule has 0 spiro atoms. The molecule has 3 N–H and O–H groups in total. The Bertz CT molecular complexity index is 1850. The van der Waals surface area contributed by atoms with Gasteiger partial charge in [0.25, 0.3) is 10.0 Å². The Kier molecular flexibility index (Phi) is 7.21. The van der Waals surface area contributed by atoms with Crippen LogP contribution in [0.25, 0.3) is 32.4 Å². The second-order valence-corrected chi connectivity index (χ2v) is 11.6. The number of nitrogens with zero attached hydrogens (tertiary/aromatic N) is 4. The number of benzene rings is 2. The Morgan fingerprint density at radius 2 is 1.85 bits per heavy atom. The molecule has 0 aliphatic heterocycles. The lowest BCUT2D eigenvalue weighted by Gasteiger charge is -2.14. The summed E-state index contributed by atoms with van der Waals surface area (Å²) in [6, 6.07) is 9.90. The fourth-order valence-corrected chi connectivity index (χ4v) is 6.98. The zero-order valence-corrected chi connectivity index (χ0v) is 22.9. The molecule has 0 bridgehead atoms. The molecule has 0 saturated heterocycles. The number of nitrogen functional groups attached to an aromatic ring is 1. The lowest BCUT2D eigenvalue weighted by Crippen LogP contribution is -2.15. The summed E-state index contributed by atoms with van der Waals surface area (Å²) in [5, 5.41) is 0.127. The van der Waals surface area contributed by atoms with Gasteiger partial charge in [0.2, 0.25) is 5.95 Å². The van der Waals surface area contributed by atoms with E-state index >= 15 is 4.39 Å². The topological polar surface area (TPSA) is 124 Å². The summed E-state index contributed by atoms with van der Waals surface area (Å²) in [4.78, 5) is 16.5. The smallest absolute Gasteiger partial charge is 0.264 e. The van der Waals surface area contributed by atoms with E-state index in [2.05, 4.69) is 24.7 Å². The first kappa shape index (κ1) is 26.9. The number of nitrogens with one attached hydrogen (secondary N) is 1. The first-order valence-corrected chi connectivity index (χ1v) is 14.1. The van der Waals surface area contributed by atoms with Crippen LogP contribution in [0.15, 0.2) is 66.0 Å². The fourth-order valence-electron chi connectivity index (χ4n) is 3.70. The minimum atomic E-state index is -4.39. The van der Waals surface area contributed by atoms with Crippen molar-refractivity contribution >= 4 is 56.2 Å². The molecule has 198 valence electrons. The molecule has 2 aromatic carbocycles. The quantitative estimate of drug-likeness (QED) is 0.223. The predicted octanol–water partition coefficient (Wildman–Crippen LogP) is 6.61. The van der Waals surface area contributed by atoms with Crippen LogP contribution in [0.4, 0.5) is 20.4 Å². The number of hydrogen-bond acceptors (Lipinski definition) is 8. The summed E-state index contributed by atoms with van der Waals surface area (Å²) in [6.07, 6.45) is 3.90. The molecule has 8 nitrogen and oxygen atoms in total. The number of pyridine rings is 1. The van der Waals surface area contributed by atoms with E-state index in [1.165, 1.54) is 42.7 Å². The number of aromatic nitrogens is 4. The SMILES string of the molecule is Cc1ccc(Cl)c(S(=O)(=O)Nc2cccc(-c3nc(-c4cncc(F)c4)sc3-c3ccnc(N)n3)c2F)c1Cl. The second kappa shape index (κ2) is 10.5. The largest absolute Gasteiger partial charge is 0.368 e. The summed E-state index contributed by atoms with van der Waals surface area (Å²) in [6.45, 7) is 1.62. The molecular formula is C25H16Cl2F2N6O2S2. The summed E-state index contributed by atoms with van der Waals surface area (Å²) >= 11 is 13.5. The Balaban J connectivity index is 1.65. The van der Waals surface area contributed by atoms with Crippen molar-refractivity contribution in [3.05, 3.63) is 88.3 Å². The van der Waals surface area contributed by atoms with Crippen LogP contribution in [0.2, 0.25) is 10.0 Å². The molecule has 0 fully saturated rings. The van der Waals surface area contributed by atoms with Crippen molar-refractivity contribution in [2.24, 2.45) is 0 Å². The van der Waals surface area contributed by atoms with E-state index in [4.69, 9.17) is 28.9 Å². The highest BCUT2D eigenvalue weighted by molar-refractivity contribution is 7.93.